The molecule has 1 aliphatic rings. The van der Waals surface area contributed by atoms with Crippen LogP contribution in [-0.4, -0.2) is 60.4 Å². The number of anilines is 1. The van der Waals surface area contributed by atoms with E-state index in [0.717, 1.165) is 16.8 Å². The fourth-order valence-corrected chi connectivity index (χ4v) is 5.02. The average molecular weight is 558 g/mol. The Labute approximate surface area is 231 Å². The molecular formula is C27H29Cl2N5O4. The lowest BCUT2D eigenvalue weighted by atomic mass is 9.99. The first-order chi connectivity index (χ1) is 18.4. The lowest BCUT2D eigenvalue weighted by molar-refractivity contribution is 0.201. The van der Waals surface area contributed by atoms with Crippen LogP contribution in [0.3, 0.4) is 0 Å². The van der Waals surface area contributed by atoms with Crippen molar-refractivity contribution in [1.29, 1.82) is 0 Å². The van der Waals surface area contributed by atoms with Crippen LogP contribution in [0.5, 0.6) is 5.75 Å². The molecule has 2 atom stereocenters. The van der Waals surface area contributed by atoms with Gasteiger partial charge in [0.15, 0.2) is 5.84 Å². The fourth-order valence-electron chi connectivity index (χ4n) is 4.62. The Morgan fingerprint density at radius 3 is 2.45 bits per heavy atom. The first kappa shape index (κ1) is 27.7. The molecule has 1 saturated heterocycles. The zero-order valence-corrected chi connectivity index (χ0v) is 22.1. The zero-order valence-electron chi connectivity index (χ0n) is 20.6. The first-order valence-electron chi connectivity index (χ1n) is 12.1. The van der Waals surface area contributed by atoms with Crippen molar-refractivity contribution in [3.05, 3.63) is 98.4 Å². The van der Waals surface area contributed by atoms with Gasteiger partial charge in [-0.3, -0.25) is 4.90 Å². The van der Waals surface area contributed by atoms with E-state index in [-0.39, 0.29) is 25.1 Å². The molecule has 200 valence electrons. The zero-order chi connectivity index (χ0) is 27.1. The summed E-state index contributed by atoms with van der Waals surface area (Å²) in [5.41, 5.74) is 8.89. The van der Waals surface area contributed by atoms with Gasteiger partial charge in [0.05, 0.1) is 23.4 Å². The van der Waals surface area contributed by atoms with Crippen LogP contribution in [0.2, 0.25) is 10.0 Å². The van der Waals surface area contributed by atoms with Crippen molar-refractivity contribution < 1.29 is 15.1 Å². The molecule has 38 heavy (non-hydrogen) atoms. The minimum atomic E-state index is -0.583. The van der Waals surface area contributed by atoms with E-state index in [0.29, 0.717) is 47.5 Å². The standard InChI is InChI=1S/C27H29Cl2N5O4/c28-21-7-5-19(6-8-21)26-17-33(16-24(31-36)18-1-3-20(4-2-18)27(30)32-37)11-12-34(26)25-10-9-22(15-23(25)29)38-14-13-35/h1-10,15,24,26,35,37H,11-14,16-17H2,(H2,30,32)/t24?,26-/m0/s1. The third-order valence-electron chi connectivity index (χ3n) is 6.57. The molecule has 1 heterocycles. The maximum atomic E-state index is 11.8. The number of aliphatic hydroxyl groups excluding tert-OH is 1. The van der Waals surface area contributed by atoms with Gasteiger partial charge in [-0.1, -0.05) is 69.9 Å². The van der Waals surface area contributed by atoms with Crippen molar-refractivity contribution in [2.24, 2.45) is 16.1 Å². The van der Waals surface area contributed by atoms with Gasteiger partial charge in [0, 0.05) is 42.8 Å². The number of ether oxygens (including phenoxy) is 1. The van der Waals surface area contributed by atoms with E-state index < -0.39 is 6.04 Å². The van der Waals surface area contributed by atoms with E-state index in [2.05, 4.69) is 20.1 Å². The third-order valence-corrected chi connectivity index (χ3v) is 7.12. The highest BCUT2D eigenvalue weighted by atomic mass is 35.5. The van der Waals surface area contributed by atoms with E-state index in [9.17, 15) is 4.91 Å². The summed E-state index contributed by atoms with van der Waals surface area (Å²) in [5, 5.41) is 25.5. The minimum Gasteiger partial charge on any atom is -0.491 e. The Hall–Kier alpha value is -3.37. The second kappa shape index (κ2) is 12.9. The van der Waals surface area contributed by atoms with Crippen LogP contribution in [-0.2, 0) is 0 Å². The van der Waals surface area contributed by atoms with Gasteiger partial charge in [0.2, 0.25) is 0 Å². The molecule has 0 aromatic heterocycles. The molecule has 4 N–H and O–H groups in total. The number of halogens is 2. The van der Waals surface area contributed by atoms with E-state index in [1.807, 2.05) is 36.4 Å². The molecule has 0 saturated carbocycles. The lowest BCUT2D eigenvalue weighted by Gasteiger charge is -2.44. The topological polar surface area (TPSA) is 124 Å². The molecule has 1 fully saturated rings. The second-order valence-corrected chi connectivity index (χ2v) is 9.78. The SMILES string of the molecule is NC(=NO)c1ccc(C(CN2CCN(c3ccc(OCCO)cc3Cl)[C@H](c3ccc(Cl)cc3)C2)N=O)cc1. The second-order valence-electron chi connectivity index (χ2n) is 8.93. The van der Waals surface area contributed by atoms with Crippen molar-refractivity contribution in [3.8, 4) is 5.75 Å². The molecule has 0 bridgehead atoms. The summed E-state index contributed by atoms with van der Waals surface area (Å²) in [7, 11) is 0. The maximum Gasteiger partial charge on any atom is 0.170 e. The predicted molar refractivity (Wildman–Crippen MR) is 150 cm³/mol. The van der Waals surface area contributed by atoms with E-state index in [1.54, 1.807) is 30.3 Å². The molecule has 0 radical (unpaired) electrons. The fraction of sp³-hybridized carbons (Fsp3) is 0.296. The van der Waals surface area contributed by atoms with E-state index >= 15 is 0 Å². The summed E-state index contributed by atoms with van der Waals surface area (Å²) >= 11 is 12.8. The predicted octanol–water partition coefficient (Wildman–Crippen LogP) is 4.83. The smallest absolute Gasteiger partial charge is 0.170 e. The number of benzene rings is 3. The number of nitrogens with zero attached hydrogens (tertiary/aromatic N) is 4. The molecule has 9 nitrogen and oxygen atoms in total. The van der Waals surface area contributed by atoms with Gasteiger partial charge < -0.3 is 25.7 Å². The number of oxime groups is 1. The monoisotopic (exact) mass is 557 g/mol. The molecule has 3 aromatic carbocycles. The van der Waals surface area contributed by atoms with Crippen molar-refractivity contribution in [2.45, 2.75) is 12.1 Å². The van der Waals surface area contributed by atoms with Gasteiger partial charge in [-0.15, -0.1) is 0 Å². The summed E-state index contributed by atoms with van der Waals surface area (Å²) < 4.78 is 5.50. The highest BCUT2D eigenvalue weighted by Gasteiger charge is 2.31. The number of amidine groups is 1. The van der Waals surface area contributed by atoms with Gasteiger partial charge in [0.1, 0.15) is 18.4 Å². The first-order valence-corrected chi connectivity index (χ1v) is 12.9. The van der Waals surface area contributed by atoms with Crippen LogP contribution < -0.4 is 15.4 Å². The molecule has 3 aromatic rings. The molecule has 1 unspecified atom stereocenters. The molecule has 0 spiro atoms. The van der Waals surface area contributed by atoms with Gasteiger partial charge >= 0.3 is 0 Å². The Morgan fingerprint density at radius 1 is 1.08 bits per heavy atom. The molecule has 1 aliphatic heterocycles. The van der Waals surface area contributed by atoms with Crippen molar-refractivity contribution in [2.75, 3.05) is 44.3 Å². The average Bonchev–Trinajstić information content (AvgIpc) is 2.95. The Balaban J connectivity index is 1.56. The van der Waals surface area contributed by atoms with Crippen LogP contribution in [0.25, 0.3) is 0 Å². The number of piperazine rings is 1. The van der Waals surface area contributed by atoms with E-state index in [4.69, 9.17) is 44.0 Å². The summed E-state index contributed by atoms with van der Waals surface area (Å²) in [6.45, 7) is 2.54. The highest BCUT2D eigenvalue weighted by molar-refractivity contribution is 6.33. The van der Waals surface area contributed by atoms with Crippen molar-refractivity contribution in [1.82, 2.24) is 4.90 Å². The number of nitroso groups, excluding NO2 is 1. The largest absolute Gasteiger partial charge is 0.491 e. The van der Waals surface area contributed by atoms with Crippen molar-refractivity contribution >= 4 is 34.7 Å². The van der Waals surface area contributed by atoms with Gasteiger partial charge in [-0.25, -0.2) is 0 Å². The molecule has 0 aliphatic carbocycles. The van der Waals surface area contributed by atoms with Crippen molar-refractivity contribution in [3.63, 3.8) is 0 Å². The van der Waals surface area contributed by atoms with Crippen LogP contribution in [0.1, 0.15) is 28.8 Å². The number of aliphatic hydroxyl groups is 1. The summed E-state index contributed by atoms with van der Waals surface area (Å²) in [5.74, 6) is 0.591. The van der Waals surface area contributed by atoms with Crippen LogP contribution in [0, 0.1) is 4.91 Å². The highest BCUT2D eigenvalue weighted by Crippen LogP contribution is 2.38. The Bertz CT molecular complexity index is 1260. The third kappa shape index (κ3) is 6.54. The number of hydrogen-bond acceptors (Lipinski definition) is 8. The van der Waals surface area contributed by atoms with Crippen LogP contribution in [0.4, 0.5) is 5.69 Å². The molecule has 0 amide bonds. The summed E-state index contributed by atoms with van der Waals surface area (Å²) in [6.07, 6.45) is 0. The molecular weight excluding hydrogens is 529 g/mol. The van der Waals surface area contributed by atoms with Gasteiger partial charge in [-0.2, -0.15) is 4.91 Å². The van der Waals surface area contributed by atoms with Crippen LogP contribution in [0.15, 0.2) is 77.1 Å². The lowest BCUT2D eigenvalue weighted by Crippen LogP contribution is -2.49. The number of hydrogen-bond donors (Lipinski definition) is 3. The number of nitrogens with two attached hydrogens (primary N) is 1. The Kier molecular flexibility index (Phi) is 9.41. The summed E-state index contributed by atoms with van der Waals surface area (Å²) in [6, 6.07) is 19.5. The normalized spacial score (nSPS) is 17.3. The molecule has 11 heteroatoms. The summed E-state index contributed by atoms with van der Waals surface area (Å²) in [4.78, 5) is 16.3. The Morgan fingerprint density at radius 2 is 1.82 bits per heavy atom. The van der Waals surface area contributed by atoms with Crippen LogP contribution >= 0.6 is 23.2 Å². The van der Waals surface area contributed by atoms with Gasteiger partial charge in [0.25, 0.3) is 0 Å². The maximum absolute atomic E-state index is 11.8. The number of rotatable bonds is 10. The van der Waals surface area contributed by atoms with Gasteiger partial charge in [-0.05, 0) is 35.4 Å². The quantitative estimate of drug-likeness (QED) is 0.107. The van der Waals surface area contributed by atoms with E-state index in [1.165, 1.54) is 0 Å². The molecule has 4 rings (SSSR count). The minimum absolute atomic E-state index is 0.000688.